The molecule has 0 saturated heterocycles. The highest BCUT2D eigenvalue weighted by molar-refractivity contribution is 5.79. The molecule has 1 aliphatic rings. The molecule has 3 N–H and O–H groups in total. The van der Waals surface area contributed by atoms with E-state index in [1.807, 2.05) is 44.2 Å². The normalized spacial score (nSPS) is 14.2. The monoisotopic (exact) mass is 447 g/mol. The minimum absolute atomic E-state index is 0.0383. The molecule has 33 heavy (non-hydrogen) atoms. The van der Waals surface area contributed by atoms with E-state index in [2.05, 4.69) is 29.6 Å². The summed E-state index contributed by atoms with van der Waals surface area (Å²) in [4.78, 5) is 12.3. The number of aliphatic hydroxyl groups is 2. The Morgan fingerprint density at radius 2 is 1.58 bits per heavy atom. The summed E-state index contributed by atoms with van der Waals surface area (Å²) in [6.07, 6.45) is -2.97. The van der Waals surface area contributed by atoms with Gasteiger partial charge in [-0.15, -0.1) is 0 Å². The summed E-state index contributed by atoms with van der Waals surface area (Å²) in [5.74, 6) is 0.679. The van der Waals surface area contributed by atoms with Crippen LogP contribution in [-0.4, -0.2) is 42.7 Å². The molecule has 172 valence electrons. The molecule has 2 unspecified atom stereocenters. The van der Waals surface area contributed by atoms with Crippen molar-refractivity contribution in [2.75, 3.05) is 20.3 Å². The lowest BCUT2D eigenvalue weighted by atomic mass is 9.96. The summed E-state index contributed by atoms with van der Waals surface area (Å²) < 4.78 is 10.8. The summed E-state index contributed by atoms with van der Waals surface area (Å²) in [6.45, 7) is 3.76. The number of alkyl carbamates (subject to hydrolysis) is 1. The maximum absolute atomic E-state index is 12.3. The first-order chi connectivity index (χ1) is 15.9. The maximum Gasteiger partial charge on any atom is 0.407 e. The number of methoxy groups -OCH3 is 1. The number of fused-ring (bicyclic) bond motifs is 3. The van der Waals surface area contributed by atoms with Crippen LogP contribution in [0.15, 0.2) is 60.7 Å². The number of aryl methyl sites for hydroxylation is 2. The number of benzene rings is 3. The molecule has 0 spiro atoms. The fourth-order valence-electron chi connectivity index (χ4n) is 4.51. The van der Waals surface area contributed by atoms with Crippen molar-refractivity contribution in [3.8, 4) is 16.9 Å². The van der Waals surface area contributed by atoms with Crippen molar-refractivity contribution >= 4 is 6.09 Å². The van der Waals surface area contributed by atoms with Crippen molar-refractivity contribution in [2.45, 2.75) is 32.0 Å². The van der Waals surface area contributed by atoms with Gasteiger partial charge in [0, 0.05) is 12.5 Å². The second-order valence-corrected chi connectivity index (χ2v) is 8.40. The van der Waals surface area contributed by atoms with Crippen molar-refractivity contribution in [3.63, 3.8) is 0 Å². The maximum atomic E-state index is 12.3. The lowest BCUT2D eigenvalue weighted by molar-refractivity contribution is 0.0181. The van der Waals surface area contributed by atoms with Gasteiger partial charge in [0.25, 0.3) is 0 Å². The second kappa shape index (κ2) is 9.65. The molecule has 0 bridgehead atoms. The SMILES string of the molecule is COc1cc(C)c(C(O)C(O)CNC(=O)OCC2c3ccccc3-c3ccccc32)cc1C. The minimum atomic E-state index is -1.18. The number of rotatable bonds is 7. The van der Waals surface area contributed by atoms with Gasteiger partial charge in [0.15, 0.2) is 0 Å². The molecule has 0 saturated carbocycles. The Hall–Kier alpha value is -3.35. The zero-order valence-electron chi connectivity index (χ0n) is 19.0. The number of ether oxygens (including phenoxy) is 2. The lowest BCUT2D eigenvalue weighted by Gasteiger charge is -2.22. The Bertz CT molecular complexity index is 1110. The summed E-state index contributed by atoms with van der Waals surface area (Å²) >= 11 is 0. The lowest BCUT2D eigenvalue weighted by Crippen LogP contribution is -2.36. The van der Waals surface area contributed by atoms with Gasteiger partial charge in [0.1, 0.15) is 24.6 Å². The third-order valence-corrected chi connectivity index (χ3v) is 6.27. The highest BCUT2D eigenvalue weighted by atomic mass is 16.5. The van der Waals surface area contributed by atoms with Crippen LogP contribution in [0.3, 0.4) is 0 Å². The zero-order chi connectivity index (χ0) is 23.5. The average Bonchev–Trinajstić information content (AvgIpc) is 3.15. The smallest absolute Gasteiger partial charge is 0.407 e. The Balaban J connectivity index is 1.35. The van der Waals surface area contributed by atoms with Gasteiger partial charge in [-0.25, -0.2) is 4.79 Å². The fraction of sp³-hybridized carbons (Fsp3) is 0.296. The summed E-state index contributed by atoms with van der Waals surface area (Å²) in [6, 6.07) is 19.9. The molecular weight excluding hydrogens is 418 g/mol. The molecule has 4 rings (SSSR count). The zero-order valence-corrected chi connectivity index (χ0v) is 19.0. The van der Waals surface area contributed by atoms with E-state index in [-0.39, 0.29) is 19.1 Å². The molecule has 6 heteroatoms. The Morgan fingerprint density at radius 3 is 2.18 bits per heavy atom. The molecule has 1 aliphatic carbocycles. The molecule has 3 aromatic rings. The van der Waals surface area contributed by atoms with E-state index in [1.54, 1.807) is 13.2 Å². The number of hydrogen-bond acceptors (Lipinski definition) is 5. The van der Waals surface area contributed by atoms with Crippen molar-refractivity contribution in [1.82, 2.24) is 5.32 Å². The van der Waals surface area contributed by atoms with Crippen LogP contribution in [-0.2, 0) is 4.74 Å². The molecule has 0 aromatic heterocycles. The molecule has 0 aliphatic heterocycles. The third-order valence-electron chi connectivity index (χ3n) is 6.27. The second-order valence-electron chi connectivity index (χ2n) is 8.40. The van der Waals surface area contributed by atoms with Crippen LogP contribution in [0.4, 0.5) is 4.79 Å². The van der Waals surface area contributed by atoms with Crippen molar-refractivity contribution in [2.24, 2.45) is 0 Å². The van der Waals surface area contributed by atoms with Gasteiger partial charge in [0.05, 0.1) is 7.11 Å². The number of amides is 1. The number of carbonyl (C=O) groups is 1. The third kappa shape index (κ3) is 4.58. The Morgan fingerprint density at radius 1 is 0.970 bits per heavy atom. The molecule has 6 nitrogen and oxygen atoms in total. The molecule has 0 radical (unpaired) electrons. The fourth-order valence-corrected chi connectivity index (χ4v) is 4.51. The molecule has 2 atom stereocenters. The van der Waals surface area contributed by atoms with Crippen LogP contribution in [0.1, 0.15) is 39.8 Å². The number of carbonyl (C=O) groups excluding carboxylic acids is 1. The first-order valence-electron chi connectivity index (χ1n) is 11.0. The van der Waals surface area contributed by atoms with E-state index in [0.717, 1.165) is 39.1 Å². The largest absolute Gasteiger partial charge is 0.496 e. The van der Waals surface area contributed by atoms with E-state index in [9.17, 15) is 15.0 Å². The standard InChI is InChI=1S/C27H29NO5/c1-16-13-25(32-3)17(2)12-22(16)26(30)24(29)14-28-27(31)33-15-23-20-10-6-4-8-18(20)19-9-5-7-11-21(19)23/h4-13,23-24,26,29-30H,14-15H2,1-3H3,(H,28,31). The van der Waals surface area contributed by atoms with Gasteiger partial charge < -0.3 is 25.0 Å². The summed E-state index contributed by atoms with van der Waals surface area (Å²) in [7, 11) is 1.59. The average molecular weight is 448 g/mol. The van der Waals surface area contributed by atoms with Crippen LogP contribution in [0, 0.1) is 13.8 Å². The van der Waals surface area contributed by atoms with E-state index in [1.165, 1.54) is 0 Å². The highest BCUT2D eigenvalue weighted by Crippen LogP contribution is 2.44. The quantitative estimate of drug-likeness (QED) is 0.504. The van der Waals surface area contributed by atoms with E-state index in [4.69, 9.17) is 9.47 Å². The van der Waals surface area contributed by atoms with Gasteiger partial charge in [-0.3, -0.25) is 0 Å². The topological polar surface area (TPSA) is 88.0 Å². The van der Waals surface area contributed by atoms with Crippen LogP contribution in [0.2, 0.25) is 0 Å². The molecular formula is C27H29NO5. The van der Waals surface area contributed by atoms with Crippen molar-refractivity contribution in [1.29, 1.82) is 0 Å². The highest BCUT2D eigenvalue weighted by Gasteiger charge is 2.29. The van der Waals surface area contributed by atoms with E-state index >= 15 is 0 Å². The summed E-state index contributed by atoms with van der Waals surface area (Å²) in [5.41, 5.74) is 6.82. The molecule has 3 aromatic carbocycles. The Kier molecular flexibility index (Phi) is 6.67. The summed E-state index contributed by atoms with van der Waals surface area (Å²) in [5, 5.41) is 23.6. The molecule has 1 amide bonds. The van der Waals surface area contributed by atoms with Gasteiger partial charge >= 0.3 is 6.09 Å². The van der Waals surface area contributed by atoms with Crippen LogP contribution in [0.25, 0.3) is 11.1 Å². The Labute approximate surface area is 193 Å². The van der Waals surface area contributed by atoms with Crippen LogP contribution in [0.5, 0.6) is 5.75 Å². The molecule has 0 heterocycles. The van der Waals surface area contributed by atoms with Gasteiger partial charge in [-0.05, 0) is 64.9 Å². The predicted molar refractivity (Wildman–Crippen MR) is 127 cm³/mol. The first kappa shape index (κ1) is 22.8. The van der Waals surface area contributed by atoms with Crippen molar-refractivity contribution < 1.29 is 24.5 Å². The predicted octanol–water partition coefficient (Wildman–Crippen LogP) is 4.25. The first-order valence-corrected chi connectivity index (χ1v) is 11.0. The van der Waals surface area contributed by atoms with Crippen molar-refractivity contribution in [3.05, 3.63) is 88.5 Å². The number of aliphatic hydroxyl groups excluding tert-OH is 2. The number of hydrogen-bond donors (Lipinski definition) is 3. The number of nitrogens with one attached hydrogen (secondary N) is 1. The van der Waals surface area contributed by atoms with E-state index < -0.39 is 18.3 Å². The minimum Gasteiger partial charge on any atom is -0.496 e. The van der Waals surface area contributed by atoms with Crippen LogP contribution >= 0.6 is 0 Å². The van der Waals surface area contributed by atoms with Gasteiger partial charge in [-0.2, -0.15) is 0 Å². The van der Waals surface area contributed by atoms with E-state index in [0.29, 0.717) is 5.56 Å². The molecule has 0 fully saturated rings. The van der Waals surface area contributed by atoms with Gasteiger partial charge in [0.2, 0.25) is 0 Å². The van der Waals surface area contributed by atoms with Gasteiger partial charge in [-0.1, -0.05) is 48.5 Å². The van der Waals surface area contributed by atoms with Crippen LogP contribution < -0.4 is 10.1 Å².